The molecule has 0 amide bonds. The number of aromatic nitrogens is 1. The van der Waals surface area contributed by atoms with Gasteiger partial charge in [0.05, 0.1) is 5.69 Å². The number of hydrogen-bond acceptors (Lipinski definition) is 3. The van der Waals surface area contributed by atoms with Crippen LogP contribution in [0.2, 0.25) is 0 Å². The molecule has 1 heterocycles. The van der Waals surface area contributed by atoms with Gasteiger partial charge in [0.2, 0.25) is 0 Å². The maximum Gasteiger partial charge on any atom is 0.194 e. The summed E-state index contributed by atoms with van der Waals surface area (Å²) < 4.78 is 5.33. The van der Waals surface area contributed by atoms with Crippen LogP contribution in [-0.2, 0) is 13.0 Å². The highest BCUT2D eigenvalue weighted by Crippen LogP contribution is 2.27. The molecule has 2 N–H and O–H groups in total. The molecule has 0 bridgehead atoms. The van der Waals surface area contributed by atoms with Crippen molar-refractivity contribution in [2.45, 2.75) is 38.6 Å². The predicted octanol–water partition coefficient (Wildman–Crippen LogP) is 1.87. The Labute approximate surface area is 78.3 Å². The Bertz CT molecular complexity index is 264. The van der Waals surface area contributed by atoms with Crippen molar-refractivity contribution >= 4 is 0 Å². The third-order valence-electron chi connectivity index (χ3n) is 2.75. The van der Waals surface area contributed by atoms with Crippen LogP contribution in [-0.4, -0.2) is 4.98 Å². The third-order valence-corrected chi connectivity index (χ3v) is 2.75. The van der Waals surface area contributed by atoms with Gasteiger partial charge in [-0.05, 0) is 18.8 Å². The van der Waals surface area contributed by atoms with E-state index in [9.17, 15) is 0 Å². The Hall–Kier alpha value is -0.830. The van der Waals surface area contributed by atoms with Gasteiger partial charge in [-0.3, -0.25) is 0 Å². The molecule has 0 saturated heterocycles. The number of hydrogen-bond donors (Lipinski definition) is 1. The van der Waals surface area contributed by atoms with Crippen molar-refractivity contribution in [1.29, 1.82) is 0 Å². The summed E-state index contributed by atoms with van der Waals surface area (Å²) in [5.74, 6) is 1.66. The number of nitrogens with two attached hydrogens (primary N) is 1. The van der Waals surface area contributed by atoms with Crippen LogP contribution >= 0.6 is 0 Å². The normalized spacial score (nSPS) is 18.2. The van der Waals surface area contributed by atoms with Crippen LogP contribution < -0.4 is 5.73 Å². The van der Waals surface area contributed by atoms with Crippen molar-refractivity contribution in [2.24, 2.45) is 11.7 Å². The highest BCUT2D eigenvalue weighted by atomic mass is 16.3. The van der Waals surface area contributed by atoms with Crippen molar-refractivity contribution in [1.82, 2.24) is 4.98 Å². The fourth-order valence-corrected chi connectivity index (χ4v) is 2.00. The van der Waals surface area contributed by atoms with E-state index >= 15 is 0 Å². The van der Waals surface area contributed by atoms with Gasteiger partial charge >= 0.3 is 0 Å². The van der Waals surface area contributed by atoms with Gasteiger partial charge in [-0.1, -0.05) is 12.8 Å². The average molecular weight is 180 g/mol. The van der Waals surface area contributed by atoms with E-state index in [0.717, 1.165) is 23.9 Å². The second-order valence-corrected chi connectivity index (χ2v) is 3.79. The standard InChI is InChI=1S/C10H16N2O/c11-6-9-7-13-10(12-9)5-8-3-1-2-4-8/h7-8H,1-6,11H2. The van der Waals surface area contributed by atoms with Gasteiger partial charge in [0.25, 0.3) is 0 Å². The first-order valence-corrected chi connectivity index (χ1v) is 5.02. The van der Waals surface area contributed by atoms with Gasteiger partial charge in [-0.2, -0.15) is 0 Å². The molecule has 1 aliphatic rings. The summed E-state index contributed by atoms with van der Waals surface area (Å²) >= 11 is 0. The molecular formula is C10H16N2O. The largest absolute Gasteiger partial charge is 0.449 e. The molecule has 1 aromatic heterocycles. The minimum Gasteiger partial charge on any atom is -0.449 e. The molecule has 3 heteroatoms. The first-order chi connectivity index (χ1) is 6.38. The van der Waals surface area contributed by atoms with E-state index in [-0.39, 0.29) is 0 Å². The number of oxazole rings is 1. The van der Waals surface area contributed by atoms with Crippen LogP contribution in [0.5, 0.6) is 0 Å². The summed E-state index contributed by atoms with van der Waals surface area (Å²) in [6.07, 6.45) is 8.08. The molecule has 0 spiro atoms. The minimum atomic E-state index is 0.480. The quantitative estimate of drug-likeness (QED) is 0.772. The highest BCUT2D eigenvalue weighted by molar-refractivity contribution is 4.96. The molecule has 0 radical (unpaired) electrons. The summed E-state index contributed by atoms with van der Waals surface area (Å²) in [6.45, 7) is 0.480. The molecule has 13 heavy (non-hydrogen) atoms. The van der Waals surface area contributed by atoms with Crippen molar-refractivity contribution in [2.75, 3.05) is 0 Å². The van der Waals surface area contributed by atoms with E-state index in [2.05, 4.69) is 4.98 Å². The van der Waals surface area contributed by atoms with Gasteiger partial charge in [-0.15, -0.1) is 0 Å². The Morgan fingerprint density at radius 3 is 2.85 bits per heavy atom. The van der Waals surface area contributed by atoms with E-state index in [0.29, 0.717) is 6.54 Å². The first kappa shape index (κ1) is 8.75. The van der Waals surface area contributed by atoms with Gasteiger partial charge < -0.3 is 10.2 Å². The Kier molecular flexibility index (Phi) is 2.64. The summed E-state index contributed by atoms with van der Waals surface area (Å²) in [7, 11) is 0. The Morgan fingerprint density at radius 1 is 1.46 bits per heavy atom. The van der Waals surface area contributed by atoms with Crippen molar-refractivity contribution < 1.29 is 4.42 Å². The summed E-state index contributed by atoms with van der Waals surface area (Å²) in [4.78, 5) is 4.30. The Morgan fingerprint density at radius 2 is 2.23 bits per heavy atom. The van der Waals surface area contributed by atoms with E-state index in [4.69, 9.17) is 10.2 Å². The maximum atomic E-state index is 5.45. The summed E-state index contributed by atoms with van der Waals surface area (Å²) in [5.41, 5.74) is 6.32. The molecular weight excluding hydrogens is 164 g/mol. The molecule has 1 aliphatic carbocycles. The molecule has 72 valence electrons. The van der Waals surface area contributed by atoms with Gasteiger partial charge in [0.1, 0.15) is 6.26 Å². The summed E-state index contributed by atoms with van der Waals surface area (Å²) in [6, 6.07) is 0. The molecule has 1 saturated carbocycles. The highest BCUT2D eigenvalue weighted by Gasteiger charge is 2.17. The monoisotopic (exact) mass is 180 g/mol. The lowest BCUT2D eigenvalue weighted by molar-refractivity contribution is 0.431. The van der Waals surface area contributed by atoms with Crippen LogP contribution in [0.25, 0.3) is 0 Å². The molecule has 1 aromatic rings. The molecule has 0 aliphatic heterocycles. The SMILES string of the molecule is NCc1coc(CC2CCCC2)n1. The first-order valence-electron chi connectivity index (χ1n) is 5.02. The minimum absolute atomic E-state index is 0.480. The van der Waals surface area contributed by atoms with E-state index in [1.807, 2.05) is 0 Å². The maximum absolute atomic E-state index is 5.45. The second kappa shape index (κ2) is 3.92. The fraction of sp³-hybridized carbons (Fsp3) is 0.700. The lowest BCUT2D eigenvalue weighted by atomic mass is 10.0. The molecule has 2 rings (SSSR count). The Balaban J connectivity index is 1.92. The van der Waals surface area contributed by atoms with Crippen LogP contribution in [0.15, 0.2) is 10.7 Å². The van der Waals surface area contributed by atoms with Crippen LogP contribution in [0.3, 0.4) is 0 Å². The van der Waals surface area contributed by atoms with Crippen LogP contribution in [0.4, 0.5) is 0 Å². The van der Waals surface area contributed by atoms with Crippen LogP contribution in [0.1, 0.15) is 37.3 Å². The van der Waals surface area contributed by atoms with Crippen molar-refractivity contribution in [3.63, 3.8) is 0 Å². The van der Waals surface area contributed by atoms with Crippen LogP contribution in [0, 0.1) is 5.92 Å². The average Bonchev–Trinajstić information content (AvgIpc) is 2.76. The molecule has 0 unspecified atom stereocenters. The fourth-order valence-electron chi connectivity index (χ4n) is 2.00. The van der Waals surface area contributed by atoms with E-state index in [1.165, 1.54) is 25.7 Å². The molecule has 0 aromatic carbocycles. The predicted molar refractivity (Wildman–Crippen MR) is 50.1 cm³/mol. The van der Waals surface area contributed by atoms with Gasteiger partial charge in [0, 0.05) is 13.0 Å². The van der Waals surface area contributed by atoms with E-state index in [1.54, 1.807) is 6.26 Å². The lowest BCUT2D eigenvalue weighted by Gasteiger charge is -2.03. The third kappa shape index (κ3) is 2.10. The zero-order valence-electron chi connectivity index (χ0n) is 7.83. The molecule has 0 atom stereocenters. The zero-order chi connectivity index (χ0) is 9.10. The smallest absolute Gasteiger partial charge is 0.194 e. The molecule has 3 nitrogen and oxygen atoms in total. The summed E-state index contributed by atoms with van der Waals surface area (Å²) in [5, 5.41) is 0. The van der Waals surface area contributed by atoms with Crippen molar-refractivity contribution in [3.05, 3.63) is 17.8 Å². The molecule has 1 fully saturated rings. The second-order valence-electron chi connectivity index (χ2n) is 3.79. The number of nitrogens with zero attached hydrogens (tertiary/aromatic N) is 1. The zero-order valence-corrected chi connectivity index (χ0v) is 7.83. The topological polar surface area (TPSA) is 52.0 Å². The van der Waals surface area contributed by atoms with Gasteiger partial charge in [-0.25, -0.2) is 4.98 Å². The lowest BCUT2D eigenvalue weighted by Crippen LogP contribution is -2.00. The van der Waals surface area contributed by atoms with Gasteiger partial charge in [0.15, 0.2) is 5.89 Å². The van der Waals surface area contributed by atoms with Crippen molar-refractivity contribution in [3.8, 4) is 0 Å². The van der Waals surface area contributed by atoms with E-state index < -0.39 is 0 Å². The number of rotatable bonds is 3.